The van der Waals surface area contributed by atoms with E-state index in [9.17, 15) is 4.79 Å². The van der Waals surface area contributed by atoms with Crippen LogP contribution in [0.5, 0.6) is 0 Å². The lowest BCUT2D eigenvalue weighted by molar-refractivity contribution is -0.132. The molecule has 18 heavy (non-hydrogen) atoms. The summed E-state index contributed by atoms with van der Waals surface area (Å²) in [4.78, 5) is 10.1. The zero-order chi connectivity index (χ0) is 14.0. The minimum Gasteiger partial charge on any atom is -0.500 e. The second-order valence-corrected chi connectivity index (χ2v) is 3.39. The molecule has 1 aromatic carbocycles. The number of carbonyl (C=O) groups is 1. The van der Waals surface area contributed by atoms with Gasteiger partial charge < -0.3 is 15.6 Å². The van der Waals surface area contributed by atoms with Gasteiger partial charge in [0, 0.05) is 10.7 Å². The Labute approximate surface area is 110 Å². The van der Waals surface area contributed by atoms with Crippen molar-refractivity contribution < 1.29 is 14.6 Å². The summed E-state index contributed by atoms with van der Waals surface area (Å²) in [6.45, 7) is 2.06. The van der Waals surface area contributed by atoms with E-state index in [1.165, 1.54) is 6.07 Å². The Bertz CT molecular complexity index is 428. The van der Waals surface area contributed by atoms with E-state index >= 15 is 0 Å². The molecule has 0 spiro atoms. The van der Waals surface area contributed by atoms with Crippen LogP contribution >= 0.6 is 11.6 Å². The van der Waals surface area contributed by atoms with Crippen molar-refractivity contribution in [2.75, 3.05) is 12.3 Å². The lowest BCUT2D eigenvalue weighted by Gasteiger charge is -1.91. The number of hydrogen-bond acceptors (Lipinski definition) is 4. The number of benzene rings is 1. The summed E-state index contributed by atoms with van der Waals surface area (Å²) in [6.07, 6.45) is 0.933. The fourth-order valence-electron chi connectivity index (χ4n) is 0.754. The Hall–Kier alpha value is -2.19. The van der Waals surface area contributed by atoms with Crippen LogP contribution in [-0.4, -0.2) is 17.7 Å². The number of hydrogen-bond donors (Lipinski definition) is 2. The first-order chi connectivity index (χ1) is 8.51. The number of nitrogen functional groups attached to an aromatic ring is 1. The average molecular weight is 269 g/mol. The van der Waals surface area contributed by atoms with Gasteiger partial charge in [-0.3, -0.25) is 0 Å². The minimum atomic E-state index is -1.27. The Balaban J connectivity index is 0.000000327. The van der Waals surface area contributed by atoms with Crippen molar-refractivity contribution in [2.45, 2.75) is 6.92 Å². The third kappa shape index (κ3) is 7.14. The van der Waals surface area contributed by atoms with Crippen LogP contribution in [-0.2, 0) is 9.53 Å². The van der Waals surface area contributed by atoms with Crippen LogP contribution in [0.2, 0.25) is 5.02 Å². The van der Waals surface area contributed by atoms with E-state index in [0.29, 0.717) is 6.61 Å². The molecule has 0 unspecified atom stereocenters. The Morgan fingerprint density at radius 3 is 2.44 bits per heavy atom. The average Bonchev–Trinajstić information content (AvgIpc) is 2.34. The molecule has 0 saturated carbocycles. The molecular weight excluding hydrogens is 256 g/mol. The highest BCUT2D eigenvalue weighted by Crippen LogP contribution is 2.09. The van der Waals surface area contributed by atoms with E-state index in [-0.39, 0.29) is 5.57 Å². The number of carboxylic acids is 1. The maximum Gasteiger partial charge on any atom is 0.349 e. The van der Waals surface area contributed by atoms with Gasteiger partial charge in [-0.1, -0.05) is 11.6 Å². The van der Waals surface area contributed by atoms with Crippen LogP contribution in [0.15, 0.2) is 36.1 Å². The number of nitriles is 1. The van der Waals surface area contributed by atoms with Crippen LogP contribution in [0.1, 0.15) is 6.92 Å². The van der Waals surface area contributed by atoms with Crippen molar-refractivity contribution in [3.05, 3.63) is 41.1 Å². The highest BCUT2D eigenvalue weighted by atomic mass is 35.5. The number of halogens is 1. The smallest absolute Gasteiger partial charge is 0.349 e. The summed E-state index contributed by atoms with van der Waals surface area (Å²) in [6, 6.07) is 8.53. The summed E-state index contributed by atoms with van der Waals surface area (Å²) < 4.78 is 4.58. The zero-order valence-electron chi connectivity index (χ0n) is 9.76. The third-order valence-corrected chi connectivity index (χ3v) is 1.84. The Morgan fingerprint density at radius 2 is 2.11 bits per heavy atom. The van der Waals surface area contributed by atoms with Gasteiger partial charge in [0.15, 0.2) is 5.57 Å². The van der Waals surface area contributed by atoms with Gasteiger partial charge >= 0.3 is 5.97 Å². The molecule has 5 nitrogen and oxygen atoms in total. The van der Waals surface area contributed by atoms with Crippen molar-refractivity contribution in [1.29, 1.82) is 5.26 Å². The molecule has 0 aliphatic rings. The molecule has 0 radical (unpaired) electrons. The second-order valence-electron chi connectivity index (χ2n) is 2.96. The molecule has 1 aromatic rings. The highest BCUT2D eigenvalue weighted by molar-refractivity contribution is 6.30. The summed E-state index contributed by atoms with van der Waals surface area (Å²) in [7, 11) is 0. The molecule has 0 atom stereocenters. The lowest BCUT2D eigenvalue weighted by atomic mass is 10.3. The largest absolute Gasteiger partial charge is 0.500 e. The Kier molecular flexibility index (Phi) is 7.82. The SMILES string of the molecule is CCOC=C(C#N)C(=O)O.Nc1ccc(Cl)cc1. The molecule has 0 aromatic heterocycles. The van der Waals surface area contributed by atoms with Crippen molar-refractivity contribution in [1.82, 2.24) is 0 Å². The molecule has 0 heterocycles. The number of nitrogens with two attached hydrogens (primary N) is 1. The lowest BCUT2D eigenvalue weighted by Crippen LogP contribution is -1.98. The van der Waals surface area contributed by atoms with Crippen molar-refractivity contribution in [3.63, 3.8) is 0 Å². The van der Waals surface area contributed by atoms with Gasteiger partial charge in [0.1, 0.15) is 12.3 Å². The van der Waals surface area contributed by atoms with Crippen LogP contribution in [0.4, 0.5) is 5.69 Å². The normalized spacial score (nSPS) is 9.72. The van der Waals surface area contributed by atoms with E-state index in [1.807, 2.05) is 0 Å². The standard InChI is InChI=1S/C6H6ClN.C6H7NO3/c7-5-1-3-6(8)4-2-5;1-2-10-4-5(3-7)6(8)9/h1-4H,8H2;4H,2H2,1H3,(H,8,9). The topological polar surface area (TPSA) is 96.3 Å². The maximum atomic E-state index is 10.1. The Morgan fingerprint density at radius 1 is 1.56 bits per heavy atom. The predicted octanol–water partition coefficient (Wildman–Crippen LogP) is 2.44. The number of carboxylic acid groups (broad SMARTS) is 1. The molecule has 0 bridgehead atoms. The maximum absolute atomic E-state index is 10.1. The summed E-state index contributed by atoms with van der Waals surface area (Å²) in [5.74, 6) is -1.27. The van der Waals surface area contributed by atoms with Gasteiger partial charge in [-0.15, -0.1) is 0 Å². The van der Waals surface area contributed by atoms with Gasteiger partial charge in [-0.2, -0.15) is 5.26 Å². The van der Waals surface area contributed by atoms with Gasteiger partial charge in [0.25, 0.3) is 0 Å². The fourth-order valence-corrected chi connectivity index (χ4v) is 0.880. The van der Waals surface area contributed by atoms with Crippen LogP contribution in [0.25, 0.3) is 0 Å². The molecule has 3 N–H and O–H groups in total. The van der Waals surface area contributed by atoms with E-state index in [1.54, 1.807) is 31.2 Å². The number of rotatable bonds is 3. The first-order valence-corrected chi connectivity index (χ1v) is 5.35. The second kappa shape index (κ2) is 8.90. The molecule has 0 aliphatic heterocycles. The highest BCUT2D eigenvalue weighted by Gasteiger charge is 2.04. The summed E-state index contributed by atoms with van der Waals surface area (Å²) in [5, 5.41) is 17.1. The minimum absolute atomic E-state index is 0.360. The zero-order valence-corrected chi connectivity index (χ0v) is 10.5. The monoisotopic (exact) mass is 268 g/mol. The van der Waals surface area contributed by atoms with E-state index in [4.69, 9.17) is 27.7 Å². The summed E-state index contributed by atoms with van der Waals surface area (Å²) in [5.41, 5.74) is 5.73. The molecule has 1 rings (SSSR count). The molecule has 0 fully saturated rings. The van der Waals surface area contributed by atoms with Crippen molar-refractivity contribution in [2.24, 2.45) is 0 Å². The predicted molar refractivity (Wildman–Crippen MR) is 68.8 cm³/mol. The van der Waals surface area contributed by atoms with Gasteiger partial charge in [0.2, 0.25) is 0 Å². The quantitative estimate of drug-likeness (QED) is 0.380. The van der Waals surface area contributed by atoms with Crippen molar-refractivity contribution in [3.8, 4) is 6.07 Å². The van der Waals surface area contributed by atoms with Crippen LogP contribution < -0.4 is 5.73 Å². The first-order valence-electron chi connectivity index (χ1n) is 4.97. The number of aliphatic carboxylic acids is 1. The summed E-state index contributed by atoms with van der Waals surface area (Å²) >= 11 is 5.56. The van der Waals surface area contributed by atoms with Gasteiger partial charge in [0.05, 0.1) is 6.61 Å². The van der Waals surface area contributed by atoms with E-state index < -0.39 is 5.97 Å². The third-order valence-electron chi connectivity index (χ3n) is 1.59. The van der Waals surface area contributed by atoms with Crippen molar-refractivity contribution >= 4 is 23.3 Å². The molecule has 0 amide bonds. The molecule has 0 aliphatic carbocycles. The first kappa shape index (κ1) is 15.8. The molecular formula is C12H13ClN2O3. The number of nitrogens with zero attached hydrogens (tertiary/aromatic N) is 1. The fraction of sp³-hybridized carbons (Fsp3) is 0.167. The number of anilines is 1. The van der Waals surface area contributed by atoms with E-state index in [0.717, 1.165) is 17.0 Å². The van der Waals surface area contributed by atoms with E-state index in [2.05, 4.69) is 4.74 Å². The van der Waals surface area contributed by atoms with Crippen LogP contribution in [0.3, 0.4) is 0 Å². The van der Waals surface area contributed by atoms with Gasteiger partial charge in [-0.25, -0.2) is 4.79 Å². The molecule has 0 saturated heterocycles. The van der Waals surface area contributed by atoms with Gasteiger partial charge in [-0.05, 0) is 31.2 Å². The number of ether oxygens (including phenoxy) is 1. The van der Waals surface area contributed by atoms with Crippen LogP contribution in [0, 0.1) is 11.3 Å². The molecule has 96 valence electrons. The molecule has 6 heteroatoms.